The summed E-state index contributed by atoms with van der Waals surface area (Å²) in [6, 6.07) is 5.18. The summed E-state index contributed by atoms with van der Waals surface area (Å²) in [5, 5.41) is 10.4. The van der Waals surface area contributed by atoms with Crippen molar-refractivity contribution in [2.45, 2.75) is 64.8 Å². The van der Waals surface area contributed by atoms with Crippen LogP contribution >= 0.6 is 0 Å². The summed E-state index contributed by atoms with van der Waals surface area (Å²) in [6.45, 7) is 9.17. The van der Waals surface area contributed by atoms with E-state index >= 15 is 0 Å². The third-order valence-corrected chi connectivity index (χ3v) is 7.73. The highest BCUT2D eigenvalue weighted by atomic mass is 16.7. The molecule has 3 N–H and O–H groups in total. The van der Waals surface area contributed by atoms with Crippen LogP contribution in [0.25, 0.3) is 0 Å². The predicted molar refractivity (Wildman–Crippen MR) is 144 cm³/mol. The number of unbranched alkanes of at least 4 members (excludes halogenated alkanes) is 2. The Hall–Kier alpha value is -2.85. The summed E-state index contributed by atoms with van der Waals surface area (Å²) in [5.74, 6) is -0.732. The van der Waals surface area contributed by atoms with Gasteiger partial charge in [-0.3, -0.25) is 19.3 Å². The Morgan fingerprint density at radius 2 is 1.79 bits per heavy atom. The molecule has 0 saturated carbocycles. The van der Waals surface area contributed by atoms with Gasteiger partial charge in [0, 0.05) is 51.6 Å². The van der Waals surface area contributed by atoms with Crippen LogP contribution in [0.2, 0.25) is 0 Å². The number of fused-ring (bicyclic) bond motifs is 1. The van der Waals surface area contributed by atoms with Crippen molar-refractivity contribution < 1.29 is 29.0 Å². The van der Waals surface area contributed by atoms with Crippen molar-refractivity contribution in [3.8, 4) is 11.5 Å². The molecule has 0 radical (unpaired) electrons. The number of carboxylic acid groups (broad SMARTS) is 1. The lowest BCUT2D eigenvalue weighted by molar-refractivity contribution is -0.144. The lowest BCUT2D eigenvalue weighted by atomic mass is 9.84. The molecule has 3 rings (SSSR count). The number of likely N-dealkylation sites (tertiary alicyclic amines) is 1. The highest BCUT2D eigenvalue weighted by Gasteiger charge is 2.47. The van der Waals surface area contributed by atoms with E-state index in [0.29, 0.717) is 57.2 Å². The molecule has 1 saturated heterocycles. The SMILES string of the molecule is CCCCN(CCCCN)C(=O)CN1CC(c2ccc3c(c2)OCO3)C(C(=O)O)C1CCN(CC)C(C)=O. The monoisotopic (exact) mass is 532 g/mol. The number of nitrogens with two attached hydrogens (primary N) is 1. The smallest absolute Gasteiger partial charge is 0.308 e. The van der Waals surface area contributed by atoms with Crippen LogP contribution in [0.4, 0.5) is 0 Å². The van der Waals surface area contributed by atoms with Crippen molar-refractivity contribution in [3.63, 3.8) is 0 Å². The number of benzene rings is 1. The van der Waals surface area contributed by atoms with Crippen LogP contribution in [0.1, 0.15) is 64.4 Å². The van der Waals surface area contributed by atoms with E-state index in [1.54, 1.807) is 4.90 Å². The molecule has 0 spiro atoms. The first-order valence-corrected chi connectivity index (χ1v) is 13.9. The Morgan fingerprint density at radius 3 is 2.45 bits per heavy atom. The molecule has 38 heavy (non-hydrogen) atoms. The highest BCUT2D eigenvalue weighted by Crippen LogP contribution is 2.42. The molecule has 0 bridgehead atoms. The topological polar surface area (TPSA) is 126 Å². The number of rotatable bonds is 15. The molecule has 10 heteroatoms. The number of carbonyl (C=O) groups excluding carboxylic acids is 2. The molecule has 2 aliphatic heterocycles. The molecule has 1 fully saturated rings. The molecule has 3 atom stereocenters. The summed E-state index contributed by atoms with van der Waals surface area (Å²) >= 11 is 0. The minimum atomic E-state index is -0.899. The fourth-order valence-corrected chi connectivity index (χ4v) is 5.59. The van der Waals surface area contributed by atoms with Crippen LogP contribution in [0.5, 0.6) is 11.5 Å². The van der Waals surface area contributed by atoms with Crippen molar-refractivity contribution in [1.29, 1.82) is 0 Å². The number of hydrogen-bond donors (Lipinski definition) is 2. The number of aliphatic carboxylic acids is 1. The third-order valence-electron chi connectivity index (χ3n) is 7.73. The molecule has 3 unspecified atom stereocenters. The zero-order chi connectivity index (χ0) is 27.7. The molecule has 0 aromatic heterocycles. The van der Waals surface area contributed by atoms with E-state index < -0.39 is 17.9 Å². The molecule has 0 aliphatic carbocycles. The lowest BCUT2D eigenvalue weighted by Crippen LogP contribution is -2.46. The van der Waals surface area contributed by atoms with E-state index in [2.05, 4.69) is 6.92 Å². The van der Waals surface area contributed by atoms with Gasteiger partial charge >= 0.3 is 5.97 Å². The average Bonchev–Trinajstić information content (AvgIpc) is 3.50. The van der Waals surface area contributed by atoms with Crippen LogP contribution < -0.4 is 15.2 Å². The second-order valence-corrected chi connectivity index (χ2v) is 10.2. The van der Waals surface area contributed by atoms with E-state index in [9.17, 15) is 19.5 Å². The van der Waals surface area contributed by atoms with Gasteiger partial charge in [-0.25, -0.2) is 0 Å². The minimum Gasteiger partial charge on any atom is -0.481 e. The second-order valence-electron chi connectivity index (χ2n) is 10.2. The number of carbonyl (C=O) groups is 3. The molecular formula is C28H44N4O6. The fourth-order valence-electron chi connectivity index (χ4n) is 5.59. The third kappa shape index (κ3) is 7.38. The van der Waals surface area contributed by atoms with Crippen molar-refractivity contribution in [2.75, 3.05) is 52.6 Å². The Balaban J connectivity index is 1.86. The normalized spacial score (nSPS) is 20.5. The number of ether oxygens (including phenoxy) is 2. The van der Waals surface area contributed by atoms with Gasteiger partial charge in [0.1, 0.15) is 0 Å². The maximum Gasteiger partial charge on any atom is 0.308 e. The van der Waals surface area contributed by atoms with E-state index in [1.807, 2.05) is 34.9 Å². The first-order valence-electron chi connectivity index (χ1n) is 13.9. The molecule has 10 nitrogen and oxygen atoms in total. The Labute approximate surface area is 226 Å². The quantitative estimate of drug-likeness (QED) is 0.330. The summed E-state index contributed by atoms with van der Waals surface area (Å²) in [7, 11) is 0. The second kappa shape index (κ2) is 14.3. The van der Waals surface area contributed by atoms with Gasteiger partial charge in [-0.15, -0.1) is 0 Å². The van der Waals surface area contributed by atoms with E-state index in [4.69, 9.17) is 15.2 Å². The fraction of sp³-hybridized carbons (Fsp3) is 0.679. The number of amides is 2. The van der Waals surface area contributed by atoms with Crippen molar-refractivity contribution in [3.05, 3.63) is 23.8 Å². The van der Waals surface area contributed by atoms with E-state index in [0.717, 1.165) is 31.2 Å². The summed E-state index contributed by atoms with van der Waals surface area (Å²) in [5.41, 5.74) is 6.52. The number of hydrogen-bond acceptors (Lipinski definition) is 7. The molecule has 2 aliphatic rings. The largest absolute Gasteiger partial charge is 0.481 e. The van der Waals surface area contributed by atoms with Gasteiger partial charge in [-0.2, -0.15) is 0 Å². The summed E-state index contributed by atoms with van der Waals surface area (Å²) in [4.78, 5) is 43.9. The number of carboxylic acids is 1. The first-order chi connectivity index (χ1) is 18.3. The van der Waals surface area contributed by atoms with Crippen molar-refractivity contribution in [2.24, 2.45) is 11.7 Å². The molecule has 1 aromatic carbocycles. The molecule has 1 aromatic rings. The standard InChI is InChI=1S/C28H44N4O6/c1-4-6-13-31(14-8-7-12-29)26(34)18-32-17-22(21-9-10-24-25(16-21)38-19-37-24)27(28(35)36)23(32)11-15-30(5-2)20(3)33/h9-10,16,22-23,27H,4-8,11-15,17-19,29H2,1-3H3,(H,35,36). The van der Waals surface area contributed by atoms with E-state index in [1.165, 1.54) is 6.92 Å². The maximum absolute atomic E-state index is 13.5. The average molecular weight is 533 g/mol. The van der Waals surface area contributed by atoms with Gasteiger partial charge in [-0.1, -0.05) is 19.4 Å². The molecule has 212 valence electrons. The lowest BCUT2D eigenvalue weighted by Gasteiger charge is -2.31. The summed E-state index contributed by atoms with van der Waals surface area (Å²) < 4.78 is 11.0. The van der Waals surface area contributed by atoms with Gasteiger partial charge in [0.2, 0.25) is 18.6 Å². The van der Waals surface area contributed by atoms with Gasteiger partial charge in [0.15, 0.2) is 11.5 Å². The molecule has 2 amide bonds. The maximum atomic E-state index is 13.5. The number of nitrogens with zero attached hydrogens (tertiary/aromatic N) is 3. The minimum absolute atomic E-state index is 0.00913. The van der Waals surface area contributed by atoms with Crippen LogP contribution in [-0.2, 0) is 14.4 Å². The van der Waals surface area contributed by atoms with Crippen LogP contribution in [0, 0.1) is 5.92 Å². The van der Waals surface area contributed by atoms with Crippen molar-refractivity contribution >= 4 is 17.8 Å². The summed E-state index contributed by atoms with van der Waals surface area (Å²) in [6.07, 6.45) is 4.07. The van der Waals surface area contributed by atoms with Crippen LogP contribution in [-0.4, -0.2) is 96.2 Å². The molecular weight excluding hydrogens is 488 g/mol. The van der Waals surface area contributed by atoms with Gasteiger partial charge in [-0.05, 0) is 56.8 Å². The Bertz CT molecular complexity index is 957. The molecule has 2 heterocycles. The zero-order valence-electron chi connectivity index (χ0n) is 23.1. The van der Waals surface area contributed by atoms with Gasteiger partial charge in [0.25, 0.3) is 0 Å². The van der Waals surface area contributed by atoms with Gasteiger partial charge < -0.3 is 30.1 Å². The van der Waals surface area contributed by atoms with Crippen LogP contribution in [0.15, 0.2) is 18.2 Å². The highest BCUT2D eigenvalue weighted by molar-refractivity contribution is 5.79. The predicted octanol–water partition coefficient (Wildman–Crippen LogP) is 2.51. The first kappa shape index (κ1) is 29.7. The Kier molecular flexibility index (Phi) is 11.2. The van der Waals surface area contributed by atoms with Gasteiger partial charge in [0.05, 0.1) is 12.5 Å². The van der Waals surface area contributed by atoms with Crippen molar-refractivity contribution in [1.82, 2.24) is 14.7 Å². The van der Waals surface area contributed by atoms with Crippen LogP contribution in [0.3, 0.4) is 0 Å². The zero-order valence-corrected chi connectivity index (χ0v) is 23.1. The van der Waals surface area contributed by atoms with E-state index in [-0.39, 0.29) is 31.1 Å². The Morgan fingerprint density at radius 1 is 1.05 bits per heavy atom.